The summed E-state index contributed by atoms with van der Waals surface area (Å²) >= 11 is 0. The molecule has 0 fully saturated rings. The van der Waals surface area contributed by atoms with E-state index < -0.39 is 16.0 Å². The highest BCUT2D eigenvalue weighted by atomic mass is 32.2. The zero-order chi connectivity index (χ0) is 19.2. The van der Waals surface area contributed by atoms with Gasteiger partial charge in [0.2, 0.25) is 10.0 Å². The summed E-state index contributed by atoms with van der Waals surface area (Å²) in [5.74, 6) is 0.549. The molecule has 2 aromatic carbocycles. The van der Waals surface area contributed by atoms with E-state index in [4.69, 9.17) is 19.3 Å². The van der Waals surface area contributed by atoms with E-state index >= 15 is 0 Å². The zero-order valence-corrected chi connectivity index (χ0v) is 15.4. The Morgan fingerprint density at radius 3 is 2.19 bits per heavy atom. The van der Waals surface area contributed by atoms with Gasteiger partial charge in [-0.2, -0.15) is 0 Å². The van der Waals surface area contributed by atoms with Gasteiger partial charge >= 0.3 is 5.97 Å². The zero-order valence-electron chi connectivity index (χ0n) is 14.6. The van der Waals surface area contributed by atoms with Crippen LogP contribution in [-0.2, 0) is 19.6 Å². The number of hydrogen-bond donors (Lipinski definition) is 1. The molecule has 0 atom stereocenters. The van der Waals surface area contributed by atoms with Crippen LogP contribution < -0.4 is 14.6 Å². The Labute approximate surface area is 152 Å². The molecule has 140 valence electrons. The second kappa shape index (κ2) is 8.68. The lowest BCUT2D eigenvalue weighted by Gasteiger charge is -2.09. The Balaban J connectivity index is 1.69. The van der Waals surface area contributed by atoms with Gasteiger partial charge in [-0.25, -0.2) is 18.4 Å². The van der Waals surface area contributed by atoms with Crippen LogP contribution in [0.4, 0.5) is 0 Å². The van der Waals surface area contributed by atoms with Crippen LogP contribution in [0.1, 0.15) is 11.1 Å². The van der Waals surface area contributed by atoms with Crippen LogP contribution in [0.2, 0.25) is 0 Å². The first-order chi connectivity index (χ1) is 12.3. The van der Waals surface area contributed by atoms with Gasteiger partial charge in [0.15, 0.2) is 6.61 Å². The fourth-order valence-corrected chi connectivity index (χ4v) is 2.54. The highest BCUT2D eigenvalue weighted by Crippen LogP contribution is 2.16. The third-order valence-corrected chi connectivity index (χ3v) is 4.53. The van der Waals surface area contributed by atoms with Crippen LogP contribution in [0.3, 0.4) is 0 Å². The lowest BCUT2D eigenvalue weighted by molar-refractivity contribution is -0.146. The Morgan fingerprint density at radius 1 is 0.923 bits per heavy atom. The van der Waals surface area contributed by atoms with Crippen molar-refractivity contribution in [3.05, 3.63) is 53.6 Å². The van der Waals surface area contributed by atoms with Gasteiger partial charge in [-0.3, -0.25) is 0 Å². The molecule has 26 heavy (non-hydrogen) atoms. The normalized spacial score (nSPS) is 11.0. The van der Waals surface area contributed by atoms with Gasteiger partial charge in [0.05, 0.1) is 4.90 Å². The number of benzene rings is 2. The van der Waals surface area contributed by atoms with Crippen molar-refractivity contribution >= 4 is 16.0 Å². The molecule has 0 amide bonds. The summed E-state index contributed by atoms with van der Waals surface area (Å²) in [5.41, 5.74) is 2.23. The number of nitrogens with two attached hydrogens (primary N) is 1. The molecule has 0 aliphatic rings. The molecule has 8 heteroatoms. The van der Waals surface area contributed by atoms with E-state index in [1.165, 1.54) is 24.3 Å². The van der Waals surface area contributed by atoms with Crippen molar-refractivity contribution in [1.29, 1.82) is 0 Å². The molecule has 0 spiro atoms. The van der Waals surface area contributed by atoms with E-state index in [2.05, 4.69) is 0 Å². The molecule has 7 nitrogen and oxygen atoms in total. The molecule has 0 saturated heterocycles. The average Bonchev–Trinajstić information content (AvgIpc) is 2.59. The molecule has 2 rings (SSSR count). The molecular weight excluding hydrogens is 358 g/mol. The molecule has 0 aromatic heterocycles. The molecular formula is C18H21NO6S. The lowest BCUT2D eigenvalue weighted by atomic mass is 10.1. The topological polar surface area (TPSA) is 105 Å². The third kappa shape index (κ3) is 6.05. The maximum Gasteiger partial charge on any atom is 0.344 e. The summed E-state index contributed by atoms with van der Waals surface area (Å²) < 4.78 is 38.0. The number of carbonyl (C=O) groups is 1. The van der Waals surface area contributed by atoms with Crippen molar-refractivity contribution in [2.45, 2.75) is 18.7 Å². The predicted octanol–water partition coefficient (Wildman–Crippen LogP) is 1.95. The molecule has 2 N–H and O–H groups in total. The van der Waals surface area contributed by atoms with Crippen molar-refractivity contribution in [1.82, 2.24) is 0 Å². The molecule has 0 aliphatic carbocycles. The Morgan fingerprint density at radius 2 is 1.58 bits per heavy atom. The number of ether oxygens (including phenoxy) is 3. The minimum absolute atomic E-state index is 0.000214. The van der Waals surface area contributed by atoms with Crippen molar-refractivity contribution in [2.24, 2.45) is 5.14 Å². The van der Waals surface area contributed by atoms with Crippen LogP contribution in [0.5, 0.6) is 11.5 Å². The SMILES string of the molecule is Cc1ccc(OCC(=O)OCCOc2ccc(S(N)(=O)=O)cc2)cc1C. The van der Waals surface area contributed by atoms with Gasteiger partial charge in [-0.1, -0.05) is 6.07 Å². The molecule has 0 heterocycles. The highest BCUT2D eigenvalue weighted by Gasteiger charge is 2.08. The van der Waals surface area contributed by atoms with Crippen LogP contribution in [0.15, 0.2) is 47.4 Å². The van der Waals surface area contributed by atoms with Gasteiger partial charge < -0.3 is 14.2 Å². The highest BCUT2D eigenvalue weighted by molar-refractivity contribution is 7.89. The summed E-state index contributed by atoms with van der Waals surface area (Å²) in [7, 11) is -3.73. The van der Waals surface area contributed by atoms with Crippen molar-refractivity contribution < 1.29 is 27.4 Å². The number of aryl methyl sites for hydroxylation is 2. The maximum absolute atomic E-state index is 11.7. The molecule has 0 radical (unpaired) electrons. The second-order valence-corrected chi connectivity index (χ2v) is 7.18. The summed E-state index contributed by atoms with van der Waals surface area (Å²) in [6, 6.07) is 11.2. The number of sulfonamides is 1. The summed E-state index contributed by atoms with van der Waals surface area (Å²) in [5, 5.41) is 5.01. The van der Waals surface area contributed by atoms with E-state index in [0.29, 0.717) is 11.5 Å². The smallest absolute Gasteiger partial charge is 0.344 e. The van der Waals surface area contributed by atoms with Crippen LogP contribution in [-0.4, -0.2) is 34.2 Å². The van der Waals surface area contributed by atoms with E-state index in [1.54, 1.807) is 6.07 Å². The Hall–Kier alpha value is -2.58. The van der Waals surface area contributed by atoms with Crippen LogP contribution in [0.25, 0.3) is 0 Å². The number of rotatable bonds is 8. The fraction of sp³-hybridized carbons (Fsp3) is 0.278. The minimum atomic E-state index is -3.73. The van der Waals surface area contributed by atoms with Gasteiger partial charge in [0.25, 0.3) is 0 Å². The van der Waals surface area contributed by atoms with Gasteiger partial charge in [0.1, 0.15) is 24.7 Å². The number of primary sulfonamides is 1. The number of carbonyl (C=O) groups excluding carboxylic acids is 1. The summed E-state index contributed by atoms with van der Waals surface area (Å²) in [6.45, 7) is 3.95. The quantitative estimate of drug-likeness (QED) is 0.555. The van der Waals surface area contributed by atoms with Crippen molar-refractivity contribution in [3.63, 3.8) is 0 Å². The first-order valence-corrected chi connectivity index (χ1v) is 9.41. The number of esters is 1. The fourth-order valence-electron chi connectivity index (χ4n) is 2.03. The first-order valence-electron chi connectivity index (χ1n) is 7.87. The monoisotopic (exact) mass is 379 g/mol. The number of hydrogen-bond acceptors (Lipinski definition) is 6. The molecule has 0 saturated carbocycles. The predicted molar refractivity (Wildman–Crippen MR) is 95.7 cm³/mol. The maximum atomic E-state index is 11.7. The van der Waals surface area contributed by atoms with E-state index in [0.717, 1.165) is 11.1 Å². The minimum Gasteiger partial charge on any atom is -0.490 e. The van der Waals surface area contributed by atoms with Crippen molar-refractivity contribution in [3.8, 4) is 11.5 Å². The molecule has 0 aliphatic heterocycles. The van der Waals surface area contributed by atoms with Crippen molar-refractivity contribution in [2.75, 3.05) is 19.8 Å². The van der Waals surface area contributed by atoms with Gasteiger partial charge in [-0.05, 0) is 61.4 Å². The standard InChI is InChI=1S/C18H21NO6S/c1-13-3-4-16(11-14(13)2)25-12-18(20)24-10-9-23-15-5-7-17(8-6-15)26(19,21)22/h3-8,11H,9-10,12H2,1-2H3,(H2,19,21,22). The second-order valence-electron chi connectivity index (χ2n) is 5.62. The molecule has 2 aromatic rings. The van der Waals surface area contributed by atoms with Crippen LogP contribution in [0, 0.1) is 13.8 Å². The Bertz CT molecular complexity index is 862. The lowest BCUT2D eigenvalue weighted by Crippen LogP contribution is -2.18. The summed E-state index contributed by atoms with van der Waals surface area (Å²) in [6.07, 6.45) is 0. The molecule has 0 bridgehead atoms. The van der Waals surface area contributed by atoms with E-state index in [-0.39, 0.29) is 24.7 Å². The average molecular weight is 379 g/mol. The van der Waals surface area contributed by atoms with Crippen LogP contribution >= 0.6 is 0 Å². The largest absolute Gasteiger partial charge is 0.490 e. The molecule has 0 unspecified atom stereocenters. The first kappa shape index (κ1) is 19.7. The van der Waals surface area contributed by atoms with Gasteiger partial charge in [-0.15, -0.1) is 0 Å². The Kier molecular flexibility index (Phi) is 6.59. The van der Waals surface area contributed by atoms with E-state index in [9.17, 15) is 13.2 Å². The third-order valence-electron chi connectivity index (χ3n) is 3.60. The van der Waals surface area contributed by atoms with E-state index in [1.807, 2.05) is 26.0 Å². The van der Waals surface area contributed by atoms with Gasteiger partial charge in [0, 0.05) is 0 Å². The summed E-state index contributed by atoms with van der Waals surface area (Å²) in [4.78, 5) is 11.7.